The molecule has 0 aliphatic carbocycles. The number of ether oxygens (including phenoxy) is 2. The lowest BCUT2D eigenvalue weighted by Gasteiger charge is -2.12. The minimum Gasteiger partial charge on any atom is -0.494 e. The van der Waals surface area contributed by atoms with Crippen molar-refractivity contribution in [3.05, 3.63) is 59.8 Å². The SMILES string of the molecule is CC(C)=C(C)N.CCOc1ccc(NC(=S)Nc2ccc(OCC)cc2)cc1. The highest BCUT2D eigenvalue weighted by molar-refractivity contribution is 7.80. The number of allylic oxidation sites excluding steroid dienone is 2. The van der Waals surface area contributed by atoms with Gasteiger partial charge in [-0.15, -0.1) is 0 Å². The van der Waals surface area contributed by atoms with Gasteiger partial charge in [0.2, 0.25) is 0 Å². The lowest BCUT2D eigenvalue weighted by Crippen LogP contribution is -2.18. The number of anilines is 2. The summed E-state index contributed by atoms with van der Waals surface area (Å²) < 4.78 is 10.8. The van der Waals surface area contributed by atoms with E-state index in [-0.39, 0.29) is 0 Å². The average Bonchev–Trinajstić information content (AvgIpc) is 2.66. The maximum atomic E-state index is 5.40. The second-order valence-corrected chi connectivity index (χ2v) is 6.59. The average molecular weight is 402 g/mol. The molecule has 0 aliphatic rings. The number of hydrogen-bond acceptors (Lipinski definition) is 4. The van der Waals surface area contributed by atoms with Crippen molar-refractivity contribution in [2.75, 3.05) is 23.8 Å². The van der Waals surface area contributed by atoms with E-state index in [1.807, 2.05) is 83.1 Å². The molecule has 2 aromatic carbocycles. The first-order valence-electron chi connectivity index (χ1n) is 9.29. The first-order chi connectivity index (χ1) is 13.3. The van der Waals surface area contributed by atoms with E-state index in [0.29, 0.717) is 18.3 Å². The fourth-order valence-corrected chi connectivity index (χ4v) is 2.13. The summed E-state index contributed by atoms with van der Waals surface area (Å²) in [5.74, 6) is 1.69. The van der Waals surface area contributed by atoms with Gasteiger partial charge in [-0.3, -0.25) is 0 Å². The molecule has 4 N–H and O–H groups in total. The molecule has 6 heteroatoms. The maximum absolute atomic E-state index is 5.40. The minimum absolute atomic E-state index is 0.535. The van der Waals surface area contributed by atoms with Crippen LogP contribution in [0, 0.1) is 0 Å². The molecule has 152 valence electrons. The van der Waals surface area contributed by atoms with Crippen LogP contribution >= 0.6 is 12.2 Å². The van der Waals surface area contributed by atoms with Crippen molar-refractivity contribution in [1.82, 2.24) is 0 Å². The smallest absolute Gasteiger partial charge is 0.175 e. The van der Waals surface area contributed by atoms with Crippen LogP contribution in [-0.4, -0.2) is 18.3 Å². The Kier molecular flexibility index (Phi) is 10.5. The Labute approximate surface area is 173 Å². The van der Waals surface area contributed by atoms with Gasteiger partial charge >= 0.3 is 0 Å². The van der Waals surface area contributed by atoms with Crippen LogP contribution in [0.5, 0.6) is 11.5 Å². The van der Waals surface area contributed by atoms with Crippen LogP contribution in [0.4, 0.5) is 11.4 Å². The standard InChI is InChI=1S/C17H20N2O2S.C5H11N/c1-3-20-15-9-5-13(6-10-15)18-17(22)19-14-7-11-16(12-8-14)21-4-2;1-4(2)5(3)6/h5-12H,3-4H2,1-2H3,(H2,18,19,22);6H2,1-3H3. The van der Waals surface area contributed by atoms with E-state index < -0.39 is 0 Å². The van der Waals surface area contributed by atoms with Crippen molar-refractivity contribution in [2.45, 2.75) is 34.6 Å². The van der Waals surface area contributed by atoms with Crippen LogP contribution in [0.1, 0.15) is 34.6 Å². The van der Waals surface area contributed by atoms with Crippen LogP contribution < -0.4 is 25.8 Å². The van der Waals surface area contributed by atoms with Crippen molar-refractivity contribution in [3.8, 4) is 11.5 Å². The predicted molar refractivity (Wildman–Crippen MR) is 123 cm³/mol. The highest BCUT2D eigenvalue weighted by atomic mass is 32.1. The van der Waals surface area contributed by atoms with Crippen molar-refractivity contribution >= 4 is 28.7 Å². The van der Waals surface area contributed by atoms with Crippen LogP contribution in [0.3, 0.4) is 0 Å². The summed E-state index contributed by atoms with van der Waals surface area (Å²) in [6.07, 6.45) is 0. The predicted octanol–water partition coefficient (Wildman–Crippen LogP) is 5.55. The molecule has 0 aliphatic heterocycles. The summed E-state index contributed by atoms with van der Waals surface area (Å²) in [6, 6.07) is 15.3. The molecule has 2 rings (SSSR count). The fourth-order valence-electron chi connectivity index (χ4n) is 1.90. The Hall–Kier alpha value is -2.73. The van der Waals surface area contributed by atoms with E-state index in [2.05, 4.69) is 10.6 Å². The van der Waals surface area contributed by atoms with Gasteiger partial charge in [0.15, 0.2) is 5.11 Å². The summed E-state index contributed by atoms with van der Waals surface area (Å²) >= 11 is 5.30. The van der Waals surface area contributed by atoms with Crippen LogP contribution in [0.2, 0.25) is 0 Å². The van der Waals surface area contributed by atoms with E-state index >= 15 is 0 Å². The van der Waals surface area contributed by atoms with Gasteiger partial charge in [0, 0.05) is 17.1 Å². The minimum atomic E-state index is 0.535. The second kappa shape index (κ2) is 12.6. The summed E-state index contributed by atoms with van der Waals surface area (Å²) in [5, 5.41) is 6.80. The van der Waals surface area contributed by atoms with Crippen molar-refractivity contribution in [1.29, 1.82) is 0 Å². The summed E-state index contributed by atoms with van der Waals surface area (Å²) in [5.41, 5.74) is 9.26. The molecular weight excluding hydrogens is 370 g/mol. The maximum Gasteiger partial charge on any atom is 0.175 e. The molecule has 28 heavy (non-hydrogen) atoms. The van der Waals surface area contributed by atoms with E-state index in [0.717, 1.165) is 28.6 Å². The zero-order valence-electron chi connectivity index (χ0n) is 17.3. The molecule has 0 aromatic heterocycles. The number of rotatable bonds is 6. The fraction of sp³-hybridized carbons (Fsp3) is 0.318. The molecule has 0 bridgehead atoms. The molecule has 0 atom stereocenters. The van der Waals surface area contributed by atoms with Crippen LogP contribution in [-0.2, 0) is 0 Å². The van der Waals surface area contributed by atoms with Crippen molar-refractivity contribution < 1.29 is 9.47 Å². The molecule has 0 heterocycles. The van der Waals surface area contributed by atoms with Gasteiger partial charge in [-0.1, -0.05) is 5.57 Å². The molecular formula is C22H31N3O2S. The van der Waals surface area contributed by atoms with Gasteiger partial charge in [-0.2, -0.15) is 0 Å². The van der Waals surface area contributed by atoms with Gasteiger partial charge in [0.1, 0.15) is 11.5 Å². The summed E-state index contributed by atoms with van der Waals surface area (Å²) in [4.78, 5) is 0. The van der Waals surface area contributed by atoms with Crippen molar-refractivity contribution in [2.24, 2.45) is 5.73 Å². The third-order valence-electron chi connectivity index (χ3n) is 3.64. The number of thiocarbonyl (C=S) groups is 1. The lowest BCUT2D eigenvalue weighted by molar-refractivity contribution is 0.340. The Morgan fingerprint density at radius 1 is 0.786 bits per heavy atom. The molecule has 0 saturated carbocycles. The number of benzene rings is 2. The Morgan fingerprint density at radius 2 is 1.11 bits per heavy atom. The molecule has 0 radical (unpaired) electrons. The largest absolute Gasteiger partial charge is 0.494 e. The third-order valence-corrected chi connectivity index (χ3v) is 3.84. The Morgan fingerprint density at radius 3 is 1.36 bits per heavy atom. The Bertz CT molecular complexity index is 685. The van der Waals surface area contributed by atoms with E-state index in [1.54, 1.807) is 0 Å². The number of hydrogen-bond donors (Lipinski definition) is 3. The molecule has 2 aromatic rings. The van der Waals surface area contributed by atoms with E-state index in [1.165, 1.54) is 5.57 Å². The highest BCUT2D eigenvalue weighted by Gasteiger charge is 2.00. The van der Waals surface area contributed by atoms with Gasteiger partial charge in [-0.05, 0) is 95.4 Å². The zero-order valence-corrected chi connectivity index (χ0v) is 18.2. The van der Waals surface area contributed by atoms with Crippen LogP contribution in [0.15, 0.2) is 59.8 Å². The third kappa shape index (κ3) is 9.28. The van der Waals surface area contributed by atoms with Crippen molar-refractivity contribution in [3.63, 3.8) is 0 Å². The molecule has 0 spiro atoms. The van der Waals surface area contributed by atoms with Gasteiger partial charge in [0.05, 0.1) is 13.2 Å². The number of nitrogens with two attached hydrogens (primary N) is 1. The van der Waals surface area contributed by atoms with E-state index in [4.69, 9.17) is 27.4 Å². The number of nitrogens with one attached hydrogen (secondary N) is 2. The van der Waals surface area contributed by atoms with Gasteiger partial charge < -0.3 is 25.8 Å². The topological polar surface area (TPSA) is 68.5 Å². The quantitative estimate of drug-likeness (QED) is 0.551. The summed E-state index contributed by atoms with van der Waals surface area (Å²) in [7, 11) is 0. The van der Waals surface area contributed by atoms with Gasteiger partial charge in [-0.25, -0.2) is 0 Å². The highest BCUT2D eigenvalue weighted by Crippen LogP contribution is 2.18. The summed E-state index contributed by atoms with van der Waals surface area (Å²) in [6.45, 7) is 11.1. The molecule has 5 nitrogen and oxygen atoms in total. The normalized spacial score (nSPS) is 9.46. The lowest BCUT2D eigenvalue weighted by atomic mass is 10.3. The Balaban J connectivity index is 0.000000568. The van der Waals surface area contributed by atoms with E-state index in [9.17, 15) is 0 Å². The first-order valence-corrected chi connectivity index (χ1v) is 9.69. The molecule has 0 fully saturated rings. The molecule has 0 amide bonds. The second-order valence-electron chi connectivity index (χ2n) is 6.18. The molecule has 0 unspecified atom stereocenters. The van der Waals surface area contributed by atoms with Crippen LogP contribution in [0.25, 0.3) is 0 Å². The molecule has 0 saturated heterocycles. The van der Waals surface area contributed by atoms with Gasteiger partial charge in [0.25, 0.3) is 0 Å². The zero-order chi connectivity index (χ0) is 20.9. The monoisotopic (exact) mass is 401 g/mol. The first kappa shape index (κ1) is 23.3.